The molecule has 0 radical (unpaired) electrons. The Kier molecular flexibility index (Phi) is 4.66. The number of nitrogens with zero attached hydrogens (tertiary/aromatic N) is 3. The molecule has 2 rings (SSSR count). The number of carboxylic acids is 1. The Balaban J connectivity index is 1.94. The minimum absolute atomic E-state index is 0.0528. The highest BCUT2D eigenvalue weighted by Crippen LogP contribution is 2.14. The molecule has 0 unspecified atom stereocenters. The highest BCUT2D eigenvalue weighted by atomic mass is 19.1. The lowest BCUT2D eigenvalue weighted by atomic mass is 10.1. The number of nitriles is 1. The van der Waals surface area contributed by atoms with Gasteiger partial charge in [-0.2, -0.15) is 5.26 Å². The zero-order chi connectivity index (χ0) is 14.5. The molecule has 5 nitrogen and oxygen atoms in total. The summed E-state index contributed by atoms with van der Waals surface area (Å²) in [6.45, 7) is 3.34. The predicted octanol–water partition coefficient (Wildman–Crippen LogP) is 0.900. The van der Waals surface area contributed by atoms with Crippen molar-refractivity contribution in [2.45, 2.75) is 6.54 Å². The second kappa shape index (κ2) is 6.46. The number of hydrogen-bond donors (Lipinski definition) is 1. The van der Waals surface area contributed by atoms with Gasteiger partial charge in [-0.1, -0.05) is 0 Å². The van der Waals surface area contributed by atoms with E-state index in [9.17, 15) is 9.18 Å². The number of halogens is 1. The molecule has 1 aromatic carbocycles. The summed E-state index contributed by atoms with van der Waals surface area (Å²) in [5.74, 6) is -1.17. The third-order valence-electron chi connectivity index (χ3n) is 3.41. The second-order valence-corrected chi connectivity index (χ2v) is 4.86. The highest BCUT2D eigenvalue weighted by Gasteiger charge is 2.19. The lowest BCUT2D eigenvalue weighted by Crippen LogP contribution is -2.47. The maximum absolute atomic E-state index is 13.2. The van der Waals surface area contributed by atoms with Gasteiger partial charge in [0.05, 0.1) is 18.2 Å². The Morgan fingerprint density at radius 2 is 1.95 bits per heavy atom. The van der Waals surface area contributed by atoms with Gasteiger partial charge in [-0.15, -0.1) is 0 Å². The van der Waals surface area contributed by atoms with Crippen LogP contribution in [-0.2, 0) is 11.3 Å². The van der Waals surface area contributed by atoms with E-state index in [1.54, 1.807) is 0 Å². The van der Waals surface area contributed by atoms with E-state index in [1.165, 1.54) is 18.2 Å². The molecule has 0 bridgehead atoms. The van der Waals surface area contributed by atoms with E-state index < -0.39 is 5.97 Å². The van der Waals surface area contributed by atoms with Crippen LogP contribution in [0.25, 0.3) is 0 Å². The van der Waals surface area contributed by atoms with Gasteiger partial charge in [-0.25, -0.2) is 4.39 Å². The summed E-state index contributed by atoms with van der Waals surface area (Å²) in [7, 11) is 0. The summed E-state index contributed by atoms with van der Waals surface area (Å²) < 4.78 is 13.2. The normalized spacial score (nSPS) is 16.8. The van der Waals surface area contributed by atoms with Crippen LogP contribution in [0, 0.1) is 17.1 Å². The number of aliphatic carboxylic acids is 1. The predicted molar refractivity (Wildman–Crippen MR) is 70.5 cm³/mol. The van der Waals surface area contributed by atoms with Crippen molar-refractivity contribution in [1.82, 2.24) is 9.80 Å². The average Bonchev–Trinajstić information content (AvgIpc) is 2.41. The summed E-state index contributed by atoms with van der Waals surface area (Å²) in [6, 6.07) is 6.23. The van der Waals surface area contributed by atoms with Gasteiger partial charge in [0.15, 0.2) is 0 Å². The Morgan fingerprint density at radius 1 is 1.30 bits per heavy atom. The average molecular weight is 277 g/mol. The molecule has 6 heteroatoms. The monoisotopic (exact) mass is 277 g/mol. The van der Waals surface area contributed by atoms with Crippen molar-refractivity contribution in [3.63, 3.8) is 0 Å². The molecule has 1 aliphatic heterocycles. The van der Waals surface area contributed by atoms with Gasteiger partial charge < -0.3 is 5.11 Å². The molecule has 1 aliphatic rings. The molecule has 1 saturated heterocycles. The standard InChI is InChI=1S/C14H16FN3O2/c15-13-2-1-11(8-16)12(7-13)9-17-3-5-18(6-4-17)10-14(19)20/h1-2,7H,3-6,9-10H2,(H,19,20). The Morgan fingerprint density at radius 3 is 2.55 bits per heavy atom. The molecule has 0 atom stereocenters. The fourth-order valence-corrected chi connectivity index (χ4v) is 2.34. The molecule has 0 aromatic heterocycles. The topological polar surface area (TPSA) is 67.6 Å². The largest absolute Gasteiger partial charge is 0.480 e. The fourth-order valence-electron chi connectivity index (χ4n) is 2.34. The lowest BCUT2D eigenvalue weighted by molar-refractivity contribution is -0.138. The lowest BCUT2D eigenvalue weighted by Gasteiger charge is -2.33. The van der Waals surface area contributed by atoms with Crippen LogP contribution in [-0.4, -0.2) is 53.6 Å². The van der Waals surface area contributed by atoms with E-state index in [2.05, 4.69) is 11.0 Å². The molecule has 1 heterocycles. The van der Waals surface area contributed by atoms with E-state index in [0.717, 1.165) is 0 Å². The third-order valence-corrected chi connectivity index (χ3v) is 3.41. The van der Waals surface area contributed by atoms with Crippen LogP contribution >= 0.6 is 0 Å². The molecule has 1 aromatic rings. The summed E-state index contributed by atoms with van der Waals surface area (Å²) in [4.78, 5) is 14.6. The van der Waals surface area contributed by atoms with Gasteiger partial charge in [-0.3, -0.25) is 14.6 Å². The SMILES string of the molecule is N#Cc1ccc(F)cc1CN1CCN(CC(=O)O)CC1. The zero-order valence-electron chi connectivity index (χ0n) is 11.0. The van der Waals surface area contributed by atoms with Gasteiger partial charge in [0.25, 0.3) is 0 Å². The smallest absolute Gasteiger partial charge is 0.317 e. The first-order chi connectivity index (χ1) is 9.58. The van der Waals surface area contributed by atoms with Gasteiger partial charge in [-0.05, 0) is 23.8 Å². The van der Waals surface area contributed by atoms with Gasteiger partial charge in [0, 0.05) is 32.7 Å². The van der Waals surface area contributed by atoms with Crippen LogP contribution in [0.1, 0.15) is 11.1 Å². The van der Waals surface area contributed by atoms with Crippen molar-refractivity contribution >= 4 is 5.97 Å². The number of hydrogen-bond acceptors (Lipinski definition) is 4. The van der Waals surface area contributed by atoms with Crippen molar-refractivity contribution in [2.24, 2.45) is 0 Å². The van der Waals surface area contributed by atoms with Crippen molar-refractivity contribution in [2.75, 3.05) is 32.7 Å². The first-order valence-corrected chi connectivity index (χ1v) is 6.43. The second-order valence-electron chi connectivity index (χ2n) is 4.86. The van der Waals surface area contributed by atoms with Crippen LogP contribution in [0.3, 0.4) is 0 Å². The zero-order valence-corrected chi connectivity index (χ0v) is 11.0. The quantitative estimate of drug-likeness (QED) is 0.885. The molecular formula is C14H16FN3O2. The highest BCUT2D eigenvalue weighted by molar-refractivity contribution is 5.69. The summed E-state index contributed by atoms with van der Waals surface area (Å²) in [6.07, 6.45) is 0. The maximum Gasteiger partial charge on any atom is 0.317 e. The fraction of sp³-hybridized carbons (Fsp3) is 0.429. The molecule has 20 heavy (non-hydrogen) atoms. The van der Waals surface area contributed by atoms with E-state index in [4.69, 9.17) is 10.4 Å². The minimum Gasteiger partial charge on any atom is -0.480 e. The molecule has 0 amide bonds. The molecule has 0 spiro atoms. The van der Waals surface area contributed by atoms with Crippen LogP contribution in [0.4, 0.5) is 4.39 Å². The first-order valence-electron chi connectivity index (χ1n) is 6.43. The minimum atomic E-state index is -0.824. The van der Waals surface area contributed by atoms with Crippen molar-refractivity contribution in [3.05, 3.63) is 35.1 Å². The molecule has 0 aliphatic carbocycles. The van der Waals surface area contributed by atoms with Crippen molar-refractivity contribution < 1.29 is 14.3 Å². The first kappa shape index (κ1) is 14.4. The number of piperazine rings is 1. The molecule has 1 N–H and O–H groups in total. The summed E-state index contributed by atoms with van der Waals surface area (Å²) >= 11 is 0. The third kappa shape index (κ3) is 3.76. The molecular weight excluding hydrogens is 261 g/mol. The number of benzene rings is 1. The van der Waals surface area contributed by atoms with Crippen LogP contribution < -0.4 is 0 Å². The number of carbonyl (C=O) groups is 1. The Bertz CT molecular complexity index is 534. The van der Waals surface area contributed by atoms with Crippen LogP contribution in [0.15, 0.2) is 18.2 Å². The van der Waals surface area contributed by atoms with E-state index in [0.29, 0.717) is 43.9 Å². The summed E-state index contributed by atoms with van der Waals surface area (Å²) in [5, 5.41) is 17.7. The number of carboxylic acid groups (broad SMARTS) is 1. The van der Waals surface area contributed by atoms with E-state index in [-0.39, 0.29) is 12.4 Å². The van der Waals surface area contributed by atoms with Gasteiger partial charge >= 0.3 is 5.97 Å². The van der Waals surface area contributed by atoms with Crippen molar-refractivity contribution in [3.8, 4) is 6.07 Å². The molecule has 1 fully saturated rings. The Labute approximate surface area is 116 Å². The van der Waals surface area contributed by atoms with Crippen LogP contribution in [0.5, 0.6) is 0 Å². The molecule has 0 saturated carbocycles. The summed E-state index contributed by atoms with van der Waals surface area (Å²) in [5.41, 5.74) is 1.17. The van der Waals surface area contributed by atoms with E-state index >= 15 is 0 Å². The van der Waals surface area contributed by atoms with Crippen LogP contribution in [0.2, 0.25) is 0 Å². The maximum atomic E-state index is 13.2. The van der Waals surface area contributed by atoms with Gasteiger partial charge in [0.1, 0.15) is 5.82 Å². The number of rotatable bonds is 4. The van der Waals surface area contributed by atoms with Crippen molar-refractivity contribution in [1.29, 1.82) is 5.26 Å². The van der Waals surface area contributed by atoms with E-state index in [1.807, 2.05) is 4.90 Å². The Hall–Kier alpha value is -1.97. The van der Waals surface area contributed by atoms with Gasteiger partial charge in [0.2, 0.25) is 0 Å². The molecule has 106 valence electrons.